The first-order valence-electron chi connectivity index (χ1n) is 8.48. The lowest BCUT2D eigenvalue weighted by Crippen LogP contribution is -1.97. The maximum atomic E-state index is 5.86. The van der Waals surface area contributed by atoms with Gasteiger partial charge in [0.15, 0.2) is 5.16 Å². The van der Waals surface area contributed by atoms with Crippen LogP contribution in [0.1, 0.15) is 18.1 Å². The summed E-state index contributed by atoms with van der Waals surface area (Å²) >= 11 is 1.57. The zero-order valence-corrected chi connectivity index (χ0v) is 15.8. The highest BCUT2D eigenvalue weighted by Gasteiger charge is 2.19. The average molecular weight is 378 g/mol. The Balaban J connectivity index is 1.53. The molecule has 136 valence electrons. The molecule has 0 fully saturated rings. The Morgan fingerprint density at radius 3 is 2.56 bits per heavy atom. The lowest BCUT2D eigenvalue weighted by molar-refractivity contribution is 0.414. The molecule has 1 unspecified atom stereocenters. The smallest absolute Gasteiger partial charge is 0.247 e. The zero-order valence-electron chi connectivity index (χ0n) is 14.9. The van der Waals surface area contributed by atoms with Crippen LogP contribution < -0.4 is 4.74 Å². The molecule has 4 rings (SSSR count). The fraction of sp³-hybridized carbons (Fsp3) is 0.150. The van der Waals surface area contributed by atoms with Crippen molar-refractivity contribution in [1.82, 2.24) is 19.7 Å². The van der Waals surface area contributed by atoms with Crippen LogP contribution in [0.25, 0.3) is 17.1 Å². The number of ether oxygens (including phenoxy) is 1. The first kappa shape index (κ1) is 17.4. The highest BCUT2D eigenvalue weighted by Crippen LogP contribution is 2.35. The van der Waals surface area contributed by atoms with E-state index in [0.29, 0.717) is 11.8 Å². The van der Waals surface area contributed by atoms with Gasteiger partial charge in [-0.15, -0.1) is 10.2 Å². The Morgan fingerprint density at radius 2 is 1.81 bits per heavy atom. The summed E-state index contributed by atoms with van der Waals surface area (Å²) in [5.41, 5.74) is 1.92. The Morgan fingerprint density at radius 1 is 1.04 bits per heavy atom. The summed E-state index contributed by atoms with van der Waals surface area (Å²) in [6, 6.07) is 17.6. The molecule has 27 heavy (non-hydrogen) atoms. The number of rotatable bonds is 6. The number of aromatic nitrogens is 4. The number of thioether (sulfide) groups is 1. The van der Waals surface area contributed by atoms with Crippen LogP contribution in [0.5, 0.6) is 5.75 Å². The minimum Gasteiger partial charge on any atom is -0.497 e. The van der Waals surface area contributed by atoms with E-state index in [9.17, 15) is 0 Å². The number of imidazole rings is 1. The molecule has 0 radical (unpaired) electrons. The topological polar surface area (TPSA) is 66.0 Å². The van der Waals surface area contributed by atoms with Crippen LogP contribution in [0.4, 0.5) is 0 Å². The van der Waals surface area contributed by atoms with Crippen molar-refractivity contribution >= 4 is 11.8 Å². The van der Waals surface area contributed by atoms with Gasteiger partial charge >= 0.3 is 0 Å². The molecule has 2 aromatic heterocycles. The molecule has 0 aliphatic carbocycles. The van der Waals surface area contributed by atoms with E-state index in [4.69, 9.17) is 9.15 Å². The number of nitrogens with zero attached hydrogens (tertiary/aromatic N) is 4. The third kappa shape index (κ3) is 3.73. The van der Waals surface area contributed by atoms with Gasteiger partial charge in [0.25, 0.3) is 0 Å². The van der Waals surface area contributed by atoms with Crippen molar-refractivity contribution in [3.05, 3.63) is 72.9 Å². The van der Waals surface area contributed by atoms with Gasteiger partial charge in [0.05, 0.1) is 12.4 Å². The van der Waals surface area contributed by atoms with E-state index in [2.05, 4.69) is 15.2 Å². The summed E-state index contributed by atoms with van der Waals surface area (Å²) in [4.78, 5) is 4.47. The van der Waals surface area contributed by atoms with Crippen molar-refractivity contribution < 1.29 is 9.15 Å². The highest BCUT2D eigenvalue weighted by molar-refractivity contribution is 7.99. The van der Waals surface area contributed by atoms with E-state index >= 15 is 0 Å². The monoisotopic (exact) mass is 378 g/mol. The summed E-state index contributed by atoms with van der Waals surface area (Å²) in [5.74, 6) is 1.92. The van der Waals surface area contributed by atoms with E-state index in [1.807, 2.05) is 72.3 Å². The molecule has 0 aliphatic rings. The van der Waals surface area contributed by atoms with Gasteiger partial charge in [-0.25, -0.2) is 4.98 Å². The van der Waals surface area contributed by atoms with Gasteiger partial charge in [-0.1, -0.05) is 30.0 Å². The summed E-state index contributed by atoms with van der Waals surface area (Å²) in [7, 11) is 1.66. The van der Waals surface area contributed by atoms with E-state index in [-0.39, 0.29) is 5.25 Å². The molecule has 4 aromatic rings. The van der Waals surface area contributed by atoms with Gasteiger partial charge in [-0.2, -0.15) is 0 Å². The fourth-order valence-electron chi connectivity index (χ4n) is 2.62. The Hall–Kier alpha value is -3.06. The summed E-state index contributed by atoms with van der Waals surface area (Å²) in [5, 5.41) is 9.19. The van der Waals surface area contributed by atoms with E-state index in [0.717, 1.165) is 22.2 Å². The largest absolute Gasteiger partial charge is 0.497 e. The first-order valence-corrected chi connectivity index (χ1v) is 9.36. The molecule has 2 aromatic carbocycles. The van der Waals surface area contributed by atoms with Crippen LogP contribution >= 0.6 is 11.8 Å². The lowest BCUT2D eigenvalue weighted by Gasteiger charge is -2.10. The molecule has 7 heteroatoms. The van der Waals surface area contributed by atoms with Crippen LogP contribution in [0, 0.1) is 0 Å². The van der Waals surface area contributed by atoms with Crippen LogP contribution in [0.2, 0.25) is 0 Å². The van der Waals surface area contributed by atoms with E-state index < -0.39 is 0 Å². The minimum absolute atomic E-state index is 0.0330. The van der Waals surface area contributed by atoms with Gasteiger partial charge in [-0.05, 0) is 43.3 Å². The Labute approximate surface area is 161 Å². The van der Waals surface area contributed by atoms with Gasteiger partial charge in [-0.3, -0.25) is 4.57 Å². The number of hydrogen-bond acceptors (Lipinski definition) is 6. The zero-order chi connectivity index (χ0) is 18.6. The standard InChI is InChI=1S/C20H18N4O2S/c1-14(18-22-23-19(26-18)15-6-4-3-5-7-15)27-20-21-12-13-24(20)16-8-10-17(25-2)11-9-16/h3-14H,1-2H3. The van der Waals surface area contributed by atoms with Crippen molar-refractivity contribution in [2.75, 3.05) is 7.11 Å². The Kier molecular flexibility index (Phi) is 4.93. The summed E-state index contributed by atoms with van der Waals surface area (Å²) in [6.45, 7) is 2.03. The van der Waals surface area contributed by atoms with Crippen LogP contribution in [0.15, 0.2) is 76.6 Å². The second kappa shape index (κ2) is 7.67. The molecule has 0 N–H and O–H groups in total. The van der Waals surface area contributed by atoms with Gasteiger partial charge < -0.3 is 9.15 Å². The maximum absolute atomic E-state index is 5.86. The van der Waals surface area contributed by atoms with Gasteiger partial charge in [0.2, 0.25) is 11.8 Å². The lowest BCUT2D eigenvalue weighted by atomic mass is 10.2. The van der Waals surface area contributed by atoms with Crippen molar-refractivity contribution in [1.29, 1.82) is 0 Å². The second-order valence-corrected chi connectivity index (χ2v) is 7.16. The number of benzene rings is 2. The summed E-state index contributed by atoms with van der Waals surface area (Å²) < 4.78 is 13.1. The normalized spacial score (nSPS) is 12.1. The van der Waals surface area contributed by atoms with Crippen LogP contribution in [-0.2, 0) is 0 Å². The second-order valence-electron chi connectivity index (χ2n) is 5.85. The van der Waals surface area contributed by atoms with Crippen molar-refractivity contribution in [3.63, 3.8) is 0 Å². The van der Waals surface area contributed by atoms with Crippen LogP contribution in [0.3, 0.4) is 0 Å². The summed E-state index contributed by atoms with van der Waals surface area (Å²) in [6.07, 6.45) is 3.71. The quantitative estimate of drug-likeness (QED) is 0.450. The molecule has 0 saturated heterocycles. The molecule has 0 aliphatic heterocycles. The van der Waals surface area contributed by atoms with Crippen molar-refractivity contribution in [3.8, 4) is 22.9 Å². The molecule has 0 amide bonds. The molecular formula is C20H18N4O2S. The average Bonchev–Trinajstić information content (AvgIpc) is 3.38. The van der Waals surface area contributed by atoms with Crippen molar-refractivity contribution in [2.24, 2.45) is 0 Å². The first-order chi connectivity index (χ1) is 13.2. The van der Waals surface area contributed by atoms with E-state index in [1.165, 1.54) is 0 Å². The maximum Gasteiger partial charge on any atom is 0.247 e. The van der Waals surface area contributed by atoms with E-state index in [1.54, 1.807) is 25.1 Å². The third-order valence-electron chi connectivity index (χ3n) is 4.05. The third-order valence-corrected chi connectivity index (χ3v) is 5.12. The molecule has 0 bridgehead atoms. The molecule has 2 heterocycles. The van der Waals surface area contributed by atoms with Gasteiger partial charge in [0, 0.05) is 23.6 Å². The predicted molar refractivity (Wildman–Crippen MR) is 104 cm³/mol. The minimum atomic E-state index is -0.0330. The van der Waals surface area contributed by atoms with Crippen LogP contribution in [-0.4, -0.2) is 26.9 Å². The van der Waals surface area contributed by atoms with Gasteiger partial charge in [0.1, 0.15) is 5.75 Å². The Bertz CT molecular complexity index is 1010. The SMILES string of the molecule is COc1ccc(-n2ccnc2SC(C)c2nnc(-c3ccccc3)o2)cc1. The molecular weight excluding hydrogens is 360 g/mol. The molecule has 1 atom stereocenters. The molecule has 0 saturated carbocycles. The van der Waals surface area contributed by atoms with Crippen molar-refractivity contribution in [2.45, 2.75) is 17.3 Å². The molecule has 6 nitrogen and oxygen atoms in total. The fourth-order valence-corrected chi connectivity index (χ4v) is 3.53. The number of methoxy groups -OCH3 is 1. The predicted octanol–water partition coefficient (Wildman–Crippen LogP) is 4.78. The number of hydrogen-bond donors (Lipinski definition) is 0. The molecule has 0 spiro atoms. The highest BCUT2D eigenvalue weighted by atomic mass is 32.2.